The highest BCUT2D eigenvalue weighted by molar-refractivity contribution is 5.88. The monoisotopic (exact) mass is 461 g/mol. The summed E-state index contributed by atoms with van der Waals surface area (Å²) >= 11 is 0. The van der Waals surface area contributed by atoms with Crippen LogP contribution in [0.4, 0.5) is 10.1 Å². The van der Waals surface area contributed by atoms with E-state index in [4.69, 9.17) is 9.47 Å². The molecule has 0 fully saturated rings. The molecule has 0 bridgehead atoms. The molecule has 10 heteroatoms. The Labute approximate surface area is 191 Å². The van der Waals surface area contributed by atoms with Crippen molar-refractivity contribution in [1.82, 2.24) is 10.2 Å². The average Bonchev–Trinajstić information content (AvgIpc) is 2.81. The van der Waals surface area contributed by atoms with E-state index >= 15 is 0 Å². The summed E-state index contributed by atoms with van der Waals surface area (Å²) in [6.07, 6.45) is 1.73. The standard InChI is InChI=1S/C23H28FN3O6/c1-4-5-12-25-23(29)16(2)26(14-17-6-8-18(24)9-7-17)22(28)15-33-19-10-11-20(27(30)31)21(13-19)32-3/h6-11,13,16H,4-5,12,14-15H2,1-3H3,(H,25,29)/t16-/m1/s1. The van der Waals surface area contributed by atoms with Gasteiger partial charge in [0.2, 0.25) is 11.7 Å². The van der Waals surface area contributed by atoms with Crippen molar-refractivity contribution < 1.29 is 28.4 Å². The van der Waals surface area contributed by atoms with Gasteiger partial charge < -0.3 is 19.7 Å². The van der Waals surface area contributed by atoms with Crippen LogP contribution in [0.1, 0.15) is 32.3 Å². The molecule has 0 radical (unpaired) electrons. The second-order valence-corrected chi connectivity index (χ2v) is 7.35. The summed E-state index contributed by atoms with van der Waals surface area (Å²) in [5.74, 6) is -0.993. The lowest BCUT2D eigenvalue weighted by atomic mass is 10.1. The fourth-order valence-electron chi connectivity index (χ4n) is 3.03. The Bertz CT molecular complexity index is 967. The van der Waals surface area contributed by atoms with Crippen LogP contribution >= 0.6 is 0 Å². The van der Waals surface area contributed by atoms with E-state index in [-0.39, 0.29) is 29.6 Å². The number of benzene rings is 2. The van der Waals surface area contributed by atoms with Gasteiger partial charge in [0.25, 0.3) is 5.91 Å². The highest BCUT2D eigenvalue weighted by atomic mass is 19.1. The molecule has 0 aliphatic heterocycles. The molecule has 0 spiro atoms. The van der Waals surface area contributed by atoms with Crippen molar-refractivity contribution >= 4 is 17.5 Å². The molecule has 2 aromatic rings. The predicted molar refractivity (Wildman–Crippen MR) is 119 cm³/mol. The van der Waals surface area contributed by atoms with Gasteiger partial charge >= 0.3 is 5.69 Å². The molecule has 0 aliphatic carbocycles. The first-order chi connectivity index (χ1) is 15.8. The lowest BCUT2D eigenvalue weighted by Crippen LogP contribution is -2.49. The molecule has 0 heterocycles. The number of ether oxygens (including phenoxy) is 2. The maximum absolute atomic E-state index is 13.3. The third-order valence-corrected chi connectivity index (χ3v) is 4.97. The van der Waals surface area contributed by atoms with Crippen LogP contribution in [0.2, 0.25) is 0 Å². The van der Waals surface area contributed by atoms with Crippen LogP contribution in [0, 0.1) is 15.9 Å². The van der Waals surface area contributed by atoms with Crippen molar-refractivity contribution in [3.8, 4) is 11.5 Å². The molecule has 0 saturated carbocycles. The van der Waals surface area contributed by atoms with Crippen molar-refractivity contribution in [3.05, 3.63) is 64.0 Å². The fourth-order valence-corrected chi connectivity index (χ4v) is 3.03. The highest BCUT2D eigenvalue weighted by Gasteiger charge is 2.26. The van der Waals surface area contributed by atoms with Gasteiger partial charge in [0.1, 0.15) is 17.6 Å². The maximum atomic E-state index is 13.3. The number of unbranched alkanes of at least 4 members (excludes halogenated alkanes) is 1. The third kappa shape index (κ3) is 7.44. The molecule has 0 aromatic heterocycles. The second kappa shape index (κ2) is 12.4. The molecule has 9 nitrogen and oxygen atoms in total. The molecule has 2 amide bonds. The molecule has 1 atom stereocenters. The second-order valence-electron chi connectivity index (χ2n) is 7.35. The number of hydrogen-bond acceptors (Lipinski definition) is 6. The highest BCUT2D eigenvalue weighted by Crippen LogP contribution is 2.30. The van der Waals surface area contributed by atoms with Crippen LogP contribution in [0.5, 0.6) is 11.5 Å². The van der Waals surface area contributed by atoms with Crippen LogP contribution in [0.3, 0.4) is 0 Å². The molecular weight excluding hydrogens is 433 g/mol. The number of rotatable bonds is 12. The first-order valence-electron chi connectivity index (χ1n) is 10.5. The number of nitro groups is 1. The van der Waals surface area contributed by atoms with Gasteiger partial charge in [-0.15, -0.1) is 0 Å². The number of nitro benzene ring substituents is 1. The Morgan fingerprint density at radius 3 is 2.52 bits per heavy atom. The van der Waals surface area contributed by atoms with Crippen molar-refractivity contribution in [2.45, 2.75) is 39.3 Å². The minimum atomic E-state index is -0.797. The van der Waals surface area contributed by atoms with E-state index in [0.717, 1.165) is 12.8 Å². The summed E-state index contributed by atoms with van der Waals surface area (Å²) in [7, 11) is 1.29. The molecule has 1 N–H and O–H groups in total. The average molecular weight is 461 g/mol. The van der Waals surface area contributed by atoms with Crippen LogP contribution < -0.4 is 14.8 Å². The van der Waals surface area contributed by atoms with Gasteiger partial charge in [-0.3, -0.25) is 19.7 Å². The molecule has 33 heavy (non-hydrogen) atoms. The summed E-state index contributed by atoms with van der Waals surface area (Å²) in [6.45, 7) is 3.78. The minimum absolute atomic E-state index is 0.00297. The van der Waals surface area contributed by atoms with Crippen LogP contribution in [0.25, 0.3) is 0 Å². The van der Waals surface area contributed by atoms with Crippen molar-refractivity contribution in [1.29, 1.82) is 0 Å². The minimum Gasteiger partial charge on any atom is -0.490 e. The lowest BCUT2D eigenvalue weighted by molar-refractivity contribution is -0.385. The molecule has 178 valence electrons. The van der Waals surface area contributed by atoms with Gasteiger partial charge in [0.05, 0.1) is 12.0 Å². The van der Waals surface area contributed by atoms with Crippen LogP contribution in [-0.2, 0) is 16.1 Å². The van der Waals surface area contributed by atoms with Gasteiger partial charge in [0.15, 0.2) is 6.61 Å². The fraction of sp³-hybridized carbons (Fsp3) is 0.391. The first-order valence-corrected chi connectivity index (χ1v) is 10.5. The Balaban J connectivity index is 2.15. The first kappa shape index (κ1) is 25.6. The maximum Gasteiger partial charge on any atom is 0.311 e. The van der Waals surface area contributed by atoms with Gasteiger partial charge in [-0.2, -0.15) is 0 Å². The largest absolute Gasteiger partial charge is 0.490 e. The number of amides is 2. The number of halogens is 1. The molecule has 0 saturated heterocycles. The molecule has 2 rings (SSSR count). The molecular formula is C23H28FN3O6. The Kier molecular flexibility index (Phi) is 9.59. The van der Waals surface area contributed by atoms with Crippen LogP contribution in [0.15, 0.2) is 42.5 Å². The number of carbonyl (C=O) groups is 2. The van der Waals surface area contributed by atoms with Gasteiger partial charge in [-0.1, -0.05) is 25.5 Å². The number of methoxy groups -OCH3 is 1. The van der Waals surface area contributed by atoms with Gasteiger partial charge in [-0.25, -0.2) is 4.39 Å². The number of nitrogens with zero attached hydrogens (tertiary/aromatic N) is 2. The number of hydrogen-bond donors (Lipinski definition) is 1. The van der Waals surface area contributed by atoms with Crippen molar-refractivity contribution in [3.63, 3.8) is 0 Å². The van der Waals surface area contributed by atoms with Crippen molar-refractivity contribution in [2.24, 2.45) is 0 Å². The summed E-state index contributed by atoms with van der Waals surface area (Å²) < 4.78 is 23.8. The lowest BCUT2D eigenvalue weighted by Gasteiger charge is -2.28. The van der Waals surface area contributed by atoms with E-state index in [1.165, 1.54) is 42.3 Å². The van der Waals surface area contributed by atoms with E-state index in [0.29, 0.717) is 12.1 Å². The zero-order chi connectivity index (χ0) is 24.4. The zero-order valence-corrected chi connectivity index (χ0v) is 18.9. The smallest absolute Gasteiger partial charge is 0.311 e. The summed E-state index contributed by atoms with van der Waals surface area (Å²) in [5, 5.41) is 13.8. The van der Waals surface area contributed by atoms with E-state index < -0.39 is 29.3 Å². The summed E-state index contributed by atoms with van der Waals surface area (Å²) in [4.78, 5) is 37.4. The Morgan fingerprint density at radius 1 is 1.21 bits per heavy atom. The number of carbonyl (C=O) groups excluding carboxylic acids is 2. The number of nitrogens with one attached hydrogen (secondary N) is 1. The normalized spacial score (nSPS) is 11.4. The van der Waals surface area contributed by atoms with Gasteiger partial charge in [-0.05, 0) is 37.1 Å². The Morgan fingerprint density at radius 2 is 1.91 bits per heavy atom. The third-order valence-electron chi connectivity index (χ3n) is 4.97. The molecule has 0 aliphatic rings. The van der Waals surface area contributed by atoms with E-state index in [2.05, 4.69) is 5.32 Å². The zero-order valence-electron chi connectivity index (χ0n) is 18.9. The van der Waals surface area contributed by atoms with Crippen molar-refractivity contribution in [2.75, 3.05) is 20.3 Å². The SMILES string of the molecule is CCCCNC(=O)[C@@H](C)N(Cc1ccc(F)cc1)C(=O)COc1ccc([N+](=O)[O-])c(OC)c1. The van der Waals surface area contributed by atoms with E-state index in [9.17, 15) is 24.1 Å². The molecule has 2 aromatic carbocycles. The van der Waals surface area contributed by atoms with E-state index in [1.54, 1.807) is 19.1 Å². The van der Waals surface area contributed by atoms with E-state index in [1.807, 2.05) is 6.92 Å². The predicted octanol–water partition coefficient (Wildman–Crippen LogP) is 3.45. The molecule has 0 unspecified atom stereocenters. The quantitative estimate of drug-likeness (QED) is 0.294. The van der Waals surface area contributed by atoms with Gasteiger partial charge in [0, 0.05) is 25.2 Å². The summed E-state index contributed by atoms with van der Waals surface area (Å²) in [6, 6.07) is 8.75. The summed E-state index contributed by atoms with van der Waals surface area (Å²) in [5.41, 5.74) is 0.418. The Hall–Kier alpha value is -3.69. The van der Waals surface area contributed by atoms with Crippen LogP contribution in [-0.4, -0.2) is 47.9 Å². The topological polar surface area (TPSA) is 111 Å².